The van der Waals surface area contributed by atoms with Gasteiger partial charge in [0.15, 0.2) is 6.61 Å². The molecule has 0 radical (unpaired) electrons. The molecule has 110 valence electrons. The van der Waals surface area contributed by atoms with Gasteiger partial charge in [0.05, 0.1) is 13.7 Å². The molecule has 20 heavy (non-hydrogen) atoms. The Hall–Kier alpha value is -1.75. The summed E-state index contributed by atoms with van der Waals surface area (Å²) in [6.07, 6.45) is 2.17. The molecular formula is C15H21NO4. The normalized spacial score (nSPS) is 13.9. The highest BCUT2D eigenvalue weighted by Gasteiger charge is 2.31. The van der Waals surface area contributed by atoms with Gasteiger partial charge in [0.2, 0.25) is 0 Å². The molecule has 1 aliphatic carbocycles. The largest absolute Gasteiger partial charge is 0.497 e. The number of nitrogens with zero attached hydrogens (tertiary/aromatic N) is 1. The second-order valence-corrected chi connectivity index (χ2v) is 4.83. The molecule has 0 spiro atoms. The summed E-state index contributed by atoms with van der Waals surface area (Å²) >= 11 is 0. The molecule has 5 nitrogen and oxygen atoms in total. The van der Waals surface area contributed by atoms with Crippen molar-refractivity contribution in [1.29, 1.82) is 0 Å². The van der Waals surface area contributed by atoms with E-state index in [1.165, 1.54) is 0 Å². The maximum absolute atomic E-state index is 12.1. The van der Waals surface area contributed by atoms with Crippen molar-refractivity contribution in [3.63, 3.8) is 0 Å². The fraction of sp³-hybridized carbons (Fsp3) is 0.533. The van der Waals surface area contributed by atoms with Gasteiger partial charge in [-0.05, 0) is 31.9 Å². The minimum atomic E-state index is -0.131. The number of aliphatic hydroxyl groups is 1. The number of likely N-dealkylation sites (N-methyl/N-ethyl adjacent to an activating group) is 1. The maximum atomic E-state index is 12.1. The van der Waals surface area contributed by atoms with Crippen molar-refractivity contribution in [3.8, 4) is 11.5 Å². The first-order valence-electron chi connectivity index (χ1n) is 6.89. The molecule has 0 unspecified atom stereocenters. The van der Waals surface area contributed by atoms with Gasteiger partial charge in [-0.3, -0.25) is 4.79 Å². The van der Waals surface area contributed by atoms with Crippen molar-refractivity contribution in [3.05, 3.63) is 23.8 Å². The quantitative estimate of drug-likeness (QED) is 0.823. The predicted octanol–water partition coefficient (Wildman–Crippen LogP) is 1.58. The Morgan fingerprint density at radius 3 is 2.75 bits per heavy atom. The van der Waals surface area contributed by atoms with E-state index in [4.69, 9.17) is 9.47 Å². The number of amides is 1. The van der Waals surface area contributed by atoms with Crippen molar-refractivity contribution in [2.45, 2.75) is 32.4 Å². The average molecular weight is 279 g/mol. The highest BCUT2D eigenvalue weighted by Crippen LogP contribution is 2.28. The Morgan fingerprint density at radius 2 is 2.20 bits per heavy atom. The van der Waals surface area contributed by atoms with Crippen molar-refractivity contribution in [2.24, 2.45) is 0 Å². The van der Waals surface area contributed by atoms with E-state index in [2.05, 4.69) is 0 Å². The molecule has 0 aromatic heterocycles. The summed E-state index contributed by atoms with van der Waals surface area (Å²) in [5.41, 5.74) is 0.646. The Morgan fingerprint density at radius 1 is 1.45 bits per heavy atom. The van der Waals surface area contributed by atoms with Gasteiger partial charge < -0.3 is 19.5 Å². The van der Waals surface area contributed by atoms with Crippen LogP contribution in [0, 0.1) is 0 Å². The molecule has 0 aliphatic heterocycles. The van der Waals surface area contributed by atoms with Crippen LogP contribution in [0.4, 0.5) is 0 Å². The zero-order chi connectivity index (χ0) is 14.5. The molecule has 0 heterocycles. The third kappa shape index (κ3) is 3.42. The maximum Gasteiger partial charge on any atom is 0.260 e. The second kappa shape index (κ2) is 6.61. The molecule has 0 atom stereocenters. The summed E-state index contributed by atoms with van der Waals surface area (Å²) in [6, 6.07) is 5.56. The van der Waals surface area contributed by atoms with Crippen LogP contribution in [-0.4, -0.2) is 42.2 Å². The minimum absolute atomic E-state index is 0.00942. The van der Waals surface area contributed by atoms with Crippen LogP contribution in [0.3, 0.4) is 0 Å². The van der Waals surface area contributed by atoms with E-state index in [9.17, 15) is 9.90 Å². The summed E-state index contributed by atoms with van der Waals surface area (Å²) in [5, 5.41) is 9.28. The molecule has 1 aliphatic rings. The lowest BCUT2D eigenvalue weighted by Crippen LogP contribution is -2.36. The van der Waals surface area contributed by atoms with Crippen LogP contribution in [0.5, 0.6) is 11.5 Å². The van der Waals surface area contributed by atoms with Gasteiger partial charge in [0.25, 0.3) is 5.91 Å². The number of ether oxygens (including phenoxy) is 2. The first-order valence-corrected chi connectivity index (χ1v) is 6.89. The van der Waals surface area contributed by atoms with Crippen LogP contribution >= 0.6 is 0 Å². The lowest BCUT2D eigenvalue weighted by molar-refractivity contribution is -0.133. The molecule has 5 heteroatoms. The van der Waals surface area contributed by atoms with Crippen molar-refractivity contribution in [2.75, 3.05) is 20.3 Å². The third-order valence-corrected chi connectivity index (χ3v) is 3.44. The second-order valence-electron chi connectivity index (χ2n) is 4.83. The van der Waals surface area contributed by atoms with E-state index < -0.39 is 0 Å². The van der Waals surface area contributed by atoms with Crippen LogP contribution in [0.15, 0.2) is 18.2 Å². The molecule has 1 fully saturated rings. The van der Waals surface area contributed by atoms with E-state index in [1.807, 2.05) is 11.8 Å². The zero-order valence-corrected chi connectivity index (χ0v) is 12.0. The number of carbonyl (C=O) groups excluding carboxylic acids is 1. The minimum Gasteiger partial charge on any atom is -0.497 e. The lowest BCUT2D eigenvalue weighted by Gasteiger charge is -2.21. The molecule has 1 saturated carbocycles. The Labute approximate surface area is 119 Å². The SMILES string of the molecule is CCN(C(=O)COc1cc(OC)ccc1CO)C1CC1. The number of aliphatic hydroxyl groups excluding tert-OH is 1. The molecule has 2 rings (SSSR count). The average Bonchev–Trinajstić information content (AvgIpc) is 3.30. The summed E-state index contributed by atoms with van der Waals surface area (Å²) < 4.78 is 10.7. The van der Waals surface area contributed by atoms with Gasteiger partial charge >= 0.3 is 0 Å². The third-order valence-electron chi connectivity index (χ3n) is 3.44. The Balaban J connectivity index is 2.00. The van der Waals surface area contributed by atoms with Crippen molar-refractivity contribution >= 4 is 5.91 Å². The number of methoxy groups -OCH3 is 1. The summed E-state index contributed by atoms with van der Waals surface area (Å²) in [5.74, 6) is 1.12. The van der Waals surface area contributed by atoms with Crippen LogP contribution in [-0.2, 0) is 11.4 Å². The van der Waals surface area contributed by atoms with E-state index in [1.54, 1.807) is 25.3 Å². The van der Waals surface area contributed by atoms with Gasteiger partial charge in [-0.15, -0.1) is 0 Å². The summed E-state index contributed by atoms with van der Waals surface area (Å²) in [4.78, 5) is 13.9. The highest BCUT2D eigenvalue weighted by atomic mass is 16.5. The fourth-order valence-electron chi connectivity index (χ4n) is 2.17. The number of carbonyl (C=O) groups is 1. The molecule has 1 amide bonds. The van der Waals surface area contributed by atoms with E-state index in [0.29, 0.717) is 29.6 Å². The van der Waals surface area contributed by atoms with Crippen molar-refractivity contribution < 1.29 is 19.4 Å². The molecule has 0 bridgehead atoms. The highest BCUT2D eigenvalue weighted by molar-refractivity contribution is 5.78. The first kappa shape index (κ1) is 14.7. The zero-order valence-electron chi connectivity index (χ0n) is 12.0. The van der Waals surface area contributed by atoms with Crippen molar-refractivity contribution in [1.82, 2.24) is 4.90 Å². The van der Waals surface area contributed by atoms with Crippen LogP contribution in [0.2, 0.25) is 0 Å². The molecule has 1 aromatic rings. The molecule has 1 aromatic carbocycles. The number of rotatable bonds is 7. The van der Waals surface area contributed by atoms with Crippen LogP contribution < -0.4 is 9.47 Å². The monoisotopic (exact) mass is 279 g/mol. The molecule has 1 N–H and O–H groups in total. The van der Waals surface area contributed by atoms with Crippen LogP contribution in [0.25, 0.3) is 0 Å². The van der Waals surface area contributed by atoms with Gasteiger partial charge in [-0.2, -0.15) is 0 Å². The van der Waals surface area contributed by atoms with E-state index in [0.717, 1.165) is 12.8 Å². The van der Waals surface area contributed by atoms with Crippen LogP contribution in [0.1, 0.15) is 25.3 Å². The van der Waals surface area contributed by atoms with Gasteiger partial charge in [-0.1, -0.05) is 0 Å². The van der Waals surface area contributed by atoms with Gasteiger partial charge in [0, 0.05) is 24.2 Å². The Kier molecular flexibility index (Phi) is 4.84. The molecule has 0 saturated heterocycles. The summed E-state index contributed by atoms with van der Waals surface area (Å²) in [6.45, 7) is 2.54. The number of hydrogen-bond donors (Lipinski definition) is 1. The van der Waals surface area contributed by atoms with E-state index >= 15 is 0 Å². The standard InChI is InChI=1S/C15H21NO4/c1-3-16(12-5-6-12)15(18)10-20-14-8-13(19-2)7-4-11(14)9-17/h4,7-8,12,17H,3,5-6,9-10H2,1-2H3. The molecular weight excluding hydrogens is 258 g/mol. The van der Waals surface area contributed by atoms with E-state index in [-0.39, 0.29) is 19.1 Å². The van der Waals surface area contributed by atoms with Gasteiger partial charge in [-0.25, -0.2) is 0 Å². The summed E-state index contributed by atoms with van der Waals surface area (Å²) in [7, 11) is 1.56. The first-order chi connectivity index (χ1) is 9.69. The van der Waals surface area contributed by atoms with Gasteiger partial charge in [0.1, 0.15) is 11.5 Å². The Bertz CT molecular complexity index is 471. The number of benzene rings is 1. The fourth-order valence-corrected chi connectivity index (χ4v) is 2.17. The topological polar surface area (TPSA) is 59.0 Å². The predicted molar refractivity (Wildman–Crippen MR) is 74.8 cm³/mol. The lowest BCUT2D eigenvalue weighted by atomic mass is 10.2. The smallest absolute Gasteiger partial charge is 0.260 e. The number of hydrogen-bond acceptors (Lipinski definition) is 4.